The Morgan fingerprint density at radius 3 is 2.58 bits per heavy atom. The number of nitrogens with one attached hydrogen (secondary N) is 1. The number of hydrazine groups is 1. The van der Waals surface area contributed by atoms with Crippen molar-refractivity contribution in [2.75, 3.05) is 0 Å². The van der Waals surface area contributed by atoms with Crippen molar-refractivity contribution in [2.45, 2.75) is 44.6 Å². The van der Waals surface area contributed by atoms with E-state index in [0.29, 0.717) is 15.9 Å². The topological polar surface area (TPSA) is 50.4 Å². The third-order valence-electron chi connectivity index (χ3n) is 3.48. The van der Waals surface area contributed by atoms with E-state index in [-0.39, 0.29) is 11.9 Å². The molecule has 2 rings (SSSR count). The first-order valence-electron chi connectivity index (χ1n) is 6.71. The lowest BCUT2D eigenvalue weighted by Crippen LogP contribution is -2.33. The van der Waals surface area contributed by atoms with Gasteiger partial charge in [0, 0.05) is 0 Å². The number of nitrogens with zero attached hydrogens (tertiary/aromatic N) is 1. The van der Waals surface area contributed by atoms with Gasteiger partial charge in [-0.25, -0.2) is 10.2 Å². The molecule has 0 amide bonds. The van der Waals surface area contributed by atoms with Crippen LogP contribution in [0.25, 0.3) is 0 Å². The van der Waals surface area contributed by atoms with Crippen molar-refractivity contribution in [2.24, 2.45) is 10.8 Å². The molecule has 3 nitrogen and oxygen atoms in total. The number of benzene rings is 1. The molecule has 0 atom stereocenters. The summed E-state index contributed by atoms with van der Waals surface area (Å²) in [5.74, 6) is 5.63. The summed E-state index contributed by atoms with van der Waals surface area (Å²) in [4.78, 5) is 4.61. The summed E-state index contributed by atoms with van der Waals surface area (Å²) in [6.07, 6.45) is 7.02. The van der Waals surface area contributed by atoms with Gasteiger partial charge >= 0.3 is 0 Å². The molecular formula is C14H19BrFN3. The summed E-state index contributed by atoms with van der Waals surface area (Å²) < 4.78 is 14.5. The van der Waals surface area contributed by atoms with Gasteiger partial charge in [-0.1, -0.05) is 31.7 Å². The molecule has 0 aromatic heterocycles. The summed E-state index contributed by atoms with van der Waals surface area (Å²) >= 11 is 3.18. The second kappa shape index (κ2) is 7.01. The van der Waals surface area contributed by atoms with E-state index in [4.69, 9.17) is 5.84 Å². The summed E-state index contributed by atoms with van der Waals surface area (Å²) in [6.45, 7) is 0. The van der Waals surface area contributed by atoms with Crippen LogP contribution >= 0.6 is 15.9 Å². The molecule has 1 saturated carbocycles. The van der Waals surface area contributed by atoms with Gasteiger partial charge in [0.2, 0.25) is 0 Å². The van der Waals surface area contributed by atoms with E-state index in [1.54, 1.807) is 18.2 Å². The second-order valence-corrected chi connectivity index (χ2v) is 5.72. The van der Waals surface area contributed by atoms with Gasteiger partial charge in [-0.3, -0.25) is 4.99 Å². The van der Waals surface area contributed by atoms with Crippen LogP contribution in [0.4, 0.5) is 4.39 Å². The van der Waals surface area contributed by atoms with Crippen LogP contribution in [-0.2, 0) is 0 Å². The molecule has 1 fully saturated rings. The van der Waals surface area contributed by atoms with Crippen LogP contribution in [0.15, 0.2) is 27.7 Å². The molecule has 5 heteroatoms. The zero-order valence-corrected chi connectivity index (χ0v) is 12.4. The second-order valence-electron chi connectivity index (χ2n) is 4.87. The van der Waals surface area contributed by atoms with Gasteiger partial charge < -0.3 is 5.43 Å². The SMILES string of the molecule is NNC(=NC1CCCCCC1)c1cccc(Br)c1F. The number of amidine groups is 1. The fourth-order valence-electron chi connectivity index (χ4n) is 2.44. The normalized spacial score (nSPS) is 18.2. The number of rotatable bonds is 2. The van der Waals surface area contributed by atoms with Gasteiger partial charge in [0.25, 0.3) is 0 Å². The van der Waals surface area contributed by atoms with E-state index >= 15 is 0 Å². The molecule has 0 saturated heterocycles. The minimum Gasteiger partial charge on any atom is -0.308 e. The largest absolute Gasteiger partial charge is 0.308 e. The molecule has 1 aromatic carbocycles. The van der Waals surface area contributed by atoms with Crippen LogP contribution in [-0.4, -0.2) is 11.9 Å². The Bertz CT molecular complexity index is 454. The predicted octanol–water partition coefficient (Wildman–Crippen LogP) is 3.52. The van der Waals surface area contributed by atoms with Crippen molar-refractivity contribution in [3.8, 4) is 0 Å². The third kappa shape index (κ3) is 3.76. The molecule has 0 spiro atoms. The number of hydrogen-bond acceptors (Lipinski definition) is 2. The third-order valence-corrected chi connectivity index (χ3v) is 4.09. The fourth-order valence-corrected chi connectivity index (χ4v) is 2.81. The van der Waals surface area contributed by atoms with Gasteiger partial charge in [-0.05, 0) is 40.9 Å². The fraction of sp³-hybridized carbons (Fsp3) is 0.500. The molecule has 1 aliphatic carbocycles. The Labute approximate surface area is 121 Å². The highest BCUT2D eigenvalue weighted by molar-refractivity contribution is 9.10. The number of aliphatic imine (C=N–C) groups is 1. The minimum atomic E-state index is -0.326. The first kappa shape index (κ1) is 14.5. The van der Waals surface area contributed by atoms with Gasteiger partial charge in [0.15, 0.2) is 0 Å². The highest BCUT2D eigenvalue weighted by Crippen LogP contribution is 2.22. The standard InChI is InChI=1S/C14H19BrFN3/c15-12-9-5-8-11(13(12)16)14(19-17)18-10-6-3-1-2-4-7-10/h5,8-10H,1-4,6-7,17H2,(H,18,19). The molecule has 19 heavy (non-hydrogen) atoms. The number of hydrogen-bond donors (Lipinski definition) is 2. The highest BCUT2D eigenvalue weighted by atomic mass is 79.9. The van der Waals surface area contributed by atoms with Crippen molar-refractivity contribution in [1.82, 2.24) is 5.43 Å². The van der Waals surface area contributed by atoms with Crippen LogP contribution in [0.2, 0.25) is 0 Å². The first-order valence-corrected chi connectivity index (χ1v) is 7.50. The van der Waals surface area contributed by atoms with Crippen LogP contribution in [0, 0.1) is 5.82 Å². The monoisotopic (exact) mass is 327 g/mol. The molecule has 1 aromatic rings. The molecular weight excluding hydrogens is 309 g/mol. The maximum absolute atomic E-state index is 14.0. The Kier molecular flexibility index (Phi) is 5.34. The van der Waals surface area contributed by atoms with Crippen LogP contribution in [0.1, 0.15) is 44.1 Å². The van der Waals surface area contributed by atoms with E-state index < -0.39 is 0 Å². The van der Waals surface area contributed by atoms with E-state index in [9.17, 15) is 4.39 Å². The molecule has 1 aliphatic rings. The van der Waals surface area contributed by atoms with E-state index in [2.05, 4.69) is 26.3 Å². The summed E-state index contributed by atoms with van der Waals surface area (Å²) in [6, 6.07) is 5.38. The molecule has 0 aliphatic heterocycles. The zero-order chi connectivity index (χ0) is 13.7. The molecule has 0 radical (unpaired) electrons. The maximum Gasteiger partial charge on any atom is 0.148 e. The van der Waals surface area contributed by atoms with E-state index in [1.165, 1.54) is 25.7 Å². The van der Waals surface area contributed by atoms with E-state index in [0.717, 1.165) is 12.8 Å². The summed E-state index contributed by atoms with van der Waals surface area (Å²) in [5, 5.41) is 0. The lowest BCUT2D eigenvalue weighted by atomic mass is 10.1. The number of halogens is 2. The van der Waals surface area contributed by atoms with Gasteiger partial charge in [-0.2, -0.15) is 0 Å². The first-order chi connectivity index (χ1) is 9.22. The maximum atomic E-state index is 14.0. The molecule has 0 heterocycles. The molecule has 3 N–H and O–H groups in total. The lowest BCUT2D eigenvalue weighted by molar-refractivity contribution is 0.580. The lowest BCUT2D eigenvalue weighted by Gasteiger charge is -2.13. The minimum absolute atomic E-state index is 0.243. The van der Waals surface area contributed by atoms with E-state index in [1.807, 2.05) is 0 Å². The quantitative estimate of drug-likeness (QED) is 0.287. The average molecular weight is 328 g/mol. The highest BCUT2D eigenvalue weighted by Gasteiger charge is 2.15. The van der Waals surface area contributed by atoms with Crippen molar-refractivity contribution < 1.29 is 4.39 Å². The Hall–Kier alpha value is -0.940. The van der Waals surface area contributed by atoms with Gasteiger partial charge in [0.05, 0.1) is 16.1 Å². The van der Waals surface area contributed by atoms with Crippen LogP contribution in [0.5, 0.6) is 0 Å². The van der Waals surface area contributed by atoms with Crippen LogP contribution < -0.4 is 11.3 Å². The van der Waals surface area contributed by atoms with Gasteiger partial charge in [0.1, 0.15) is 11.7 Å². The van der Waals surface area contributed by atoms with Crippen LogP contribution in [0.3, 0.4) is 0 Å². The summed E-state index contributed by atoms with van der Waals surface area (Å²) in [5.41, 5.74) is 2.96. The van der Waals surface area contributed by atoms with Gasteiger partial charge in [-0.15, -0.1) is 0 Å². The Balaban J connectivity index is 2.25. The Morgan fingerprint density at radius 1 is 1.26 bits per heavy atom. The molecule has 0 bridgehead atoms. The Morgan fingerprint density at radius 2 is 1.95 bits per heavy atom. The van der Waals surface area contributed by atoms with Crippen molar-refractivity contribution in [3.05, 3.63) is 34.1 Å². The van der Waals surface area contributed by atoms with Crippen molar-refractivity contribution in [1.29, 1.82) is 0 Å². The smallest absolute Gasteiger partial charge is 0.148 e. The van der Waals surface area contributed by atoms with Crippen molar-refractivity contribution in [3.63, 3.8) is 0 Å². The predicted molar refractivity (Wildman–Crippen MR) is 79.5 cm³/mol. The zero-order valence-electron chi connectivity index (χ0n) is 10.8. The average Bonchev–Trinajstić information content (AvgIpc) is 2.68. The van der Waals surface area contributed by atoms with Crippen molar-refractivity contribution >= 4 is 21.8 Å². The summed E-state index contributed by atoms with van der Waals surface area (Å²) in [7, 11) is 0. The molecule has 104 valence electrons. The molecule has 0 unspecified atom stereocenters. The number of nitrogens with two attached hydrogens (primary N) is 1.